The van der Waals surface area contributed by atoms with E-state index in [4.69, 9.17) is 9.47 Å². The number of rotatable bonds is 6. The van der Waals surface area contributed by atoms with E-state index >= 15 is 0 Å². The first-order valence-electron chi connectivity index (χ1n) is 6.07. The number of ether oxygens (including phenoxy) is 2. The number of carbonyl (C=O) groups is 1. The zero-order chi connectivity index (χ0) is 13.8. The third-order valence-corrected chi connectivity index (χ3v) is 3.63. The zero-order valence-corrected chi connectivity index (χ0v) is 11.9. The van der Waals surface area contributed by atoms with Crippen molar-refractivity contribution in [1.29, 1.82) is 0 Å². The lowest BCUT2D eigenvalue weighted by molar-refractivity contribution is -0.145. The van der Waals surface area contributed by atoms with Gasteiger partial charge in [-0.25, -0.2) is 0 Å². The number of methoxy groups -OCH3 is 1. The highest BCUT2D eigenvalue weighted by molar-refractivity contribution is 7.16. The summed E-state index contributed by atoms with van der Waals surface area (Å²) in [6.45, 7) is 4.43. The molecule has 8 heteroatoms. The van der Waals surface area contributed by atoms with Crippen LogP contribution in [0, 0.1) is 0 Å². The standard InChI is InChI=1S/C11H16N4O3S/c1-4-7(10(16)18-5-2)9-14-15-8(6-17-3)12-13-11(15)19-9/h7H,4-6H2,1-3H3. The van der Waals surface area contributed by atoms with Gasteiger partial charge in [-0.05, 0) is 13.3 Å². The normalized spacial score (nSPS) is 12.8. The van der Waals surface area contributed by atoms with Crippen LogP contribution in [0.1, 0.15) is 37.0 Å². The van der Waals surface area contributed by atoms with Crippen LogP contribution in [-0.2, 0) is 20.9 Å². The second-order valence-corrected chi connectivity index (χ2v) is 4.88. The molecule has 0 radical (unpaired) electrons. The first kappa shape index (κ1) is 13.9. The Morgan fingerprint density at radius 1 is 1.42 bits per heavy atom. The molecule has 0 fully saturated rings. The number of hydrogen-bond acceptors (Lipinski definition) is 7. The minimum atomic E-state index is -0.345. The maximum absolute atomic E-state index is 11.9. The van der Waals surface area contributed by atoms with Gasteiger partial charge in [-0.1, -0.05) is 18.3 Å². The smallest absolute Gasteiger partial charge is 0.315 e. The van der Waals surface area contributed by atoms with Gasteiger partial charge in [0.1, 0.15) is 17.5 Å². The van der Waals surface area contributed by atoms with E-state index in [1.807, 2.05) is 6.92 Å². The van der Waals surface area contributed by atoms with Crippen molar-refractivity contribution in [3.05, 3.63) is 10.8 Å². The molecule has 0 amide bonds. The van der Waals surface area contributed by atoms with E-state index in [9.17, 15) is 4.79 Å². The van der Waals surface area contributed by atoms with Gasteiger partial charge in [0.05, 0.1) is 6.61 Å². The largest absolute Gasteiger partial charge is 0.465 e. The van der Waals surface area contributed by atoms with Gasteiger partial charge in [-0.15, -0.1) is 10.2 Å². The molecule has 0 aliphatic rings. The fourth-order valence-corrected chi connectivity index (χ4v) is 2.75. The fourth-order valence-electron chi connectivity index (χ4n) is 1.72. The zero-order valence-electron chi connectivity index (χ0n) is 11.1. The second-order valence-electron chi connectivity index (χ2n) is 3.90. The van der Waals surface area contributed by atoms with Crippen molar-refractivity contribution in [2.75, 3.05) is 13.7 Å². The van der Waals surface area contributed by atoms with Crippen LogP contribution < -0.4 is 0 Å². The molecule has 104 valence electrons. The van der Waals surface area contributed by atoms with Crippen molar-refractivity contribution in [2.24, 2.45) is 0 Å². The number of hydrogen-bond donors (Lipinski definition) is 0. The molecule has 2 aromatic heterocycles. The lowest BCUT2D eigenvalue weighted by atomic mass is 10.1. The maximum Gasteiger partial charge on any atom is 0.315 e. The predicted molar refractivity (Wildman–Crippen MR) is 69.0 cm³/mol. The van der Waals surface area contributed by atoms with Crippen molar-refractivity contribution in [1.82, 2.24) is 19.8 Å². The SMILES string of the molecule is CCOC(=O)C(CC)c1nn2c(COC)nnc2s1. The van der Waals surface area contributed by atoms with Crippen LogP contribution in [0.15, 0.2) is 0 Å². The van der Waals surface area contributed by atoms with Crippen molar-refractivity contribution >= 4 is 22.3 Å². The highest BCUT2D eigenvalue weighted by Crippen LogP contribution is 2.26. The summed E-state index contributed by atoms with van der Waals surface area (Å²) in [7, 11) is 1.59. The number of carbonyl (C=O) groups excluding carboxylic acids is 1. The van der Waals surface area contributed by atoms with Gasteiger partial charge in [0, 0.05) is 7.11 Å². The number of esters is 1. The summed E-state index contributed by atoms with van der Waals surface area (Å²) in [6, 6.07) is 0. The third kappa shape index (κ3) is 2.74. The van der Waals surface area contributed by atoms with Gasteiger partial charge in [0.25, 0.3) is 0 Å². The van der Waals surface area contributed by atoms with E-state index < -0.39 is 0 Å². The Balaban J connectivity index is 2.31. The Hall–Kier alpha value is -1.54. The van der Waals surface area contributed by atoms with Gasteiger partial charge in [-0.3, -0.25) is 4.79 Å². The predicted octanol–water partition coefficient (Wildman–Crippen LogP) is 1.39. The van der Waals surface area contributed by atoms with E-state index in [1.165, 1.54) is 11.3 Å². The average molecular weight is 284 g/mol. The molecule has 19 heavy (non-hydrogen) atoms. The Labute approximate surface area is 114 Å². The first-order valence-corrected chi connectivity index (χ1v) is 6.89. The molecule has 0 aliphatic carbocycles. The highest BCUT2D eigenvalue weighted by atomic mass is 32.1. The van der Waals surface area contributed by atoms with Crippen LogP contribution in [-0.4, -0.2) is 39.5 Å². The summed E-state index contributed by atoms with van der Waals surface area (Å²) in [5.74, 6) is 0.0315. The number of nitrogens with zero attached hydrogens (tertiary/aromatic N) is 4. The van der Waals surface area contributed by atoms with Crippen LogP contribution >= 0.6 is 11.3 Å². The van der Waals surface area contributed by atoms with Gasteiger partial charge in [0.2, 0.25) is 4.96 Å². The van der Waals surface area contributed by atoms with Crippen molar-refractivity contribution in [3.63, 3.8) is 0 Å². The molecule has 0 N–H and O–H groups in total. The summed E-state index contributed by atoms with van der Waals surface area (Å²) in [4.78, 5) is 12.5. The molecule has 2 aromatic rings. The van der Waals surface area contributed by atoms with Crippen LogP contribution in [0.3, 0.4) is 0 Å². The molecular formula is C11H16N4O3S. The fraction of sp³-hybridized carbons (Fsp3) is 0.636. The molecular weight excluding hydrogens is 268 g/mol. The second kappa shape index (κ2) is 6.07. The first-order chi connectivity index (χ1) is 9.21. The van der Waals surface area contributed by atoms with Crippen molar-refractivity contribution < 1.29 is 14.3 Å². The van der Waals surface area contributed by atoms with E-state index in [2.05, 4.69) is 15.3 Å². The molecule has 2 heterocycles. The molecule has 0 aromatic carbocycles. The Kier molecular flexibility index (Phi) is 4.43. The number of aromatic nitrogens is 4. The van der Waals surface area contributed by atoms with E-state index in [-0.39, 0.29) is 11.9 Å². The monoisotopic (exact) mass is 284 g/mol. The van der Waals surface area contributed by atoms with Gasteiger partial charge in [0.15, 0.2) is 5.82 Å². The van der Waals surface area contributed by atoms with Crippen molar-refractivity contribution in [3.8, 4) is 0 Å². The van der Waals surface area contributed by atoms with Crippen LogP contribution in [0.2, 0.25) is 0 Å². The molecule has 7 nitrogen and oxygen atoms in total. The van der Waals surface area contributed by atoms with Crippen LogP contribution in [0.4, 0.5) is 0 Å². The highest BCUT2D eigenvalue weighted by Gasteiger charge is 2.25. The lowest BCUT2D eigenvalue weighted by Crippen LogP contribution is -2.15. The van der Waals surface area contributed by atoms with Crippen molar-refractivity contribution in [2.45, 2.75) is 32.8 Å². The molecule has 1 atom stereocenters. The van der Waals surface area contributed by atoms with Gasteiger partial charge < -0.3 is 9.47 Å². The maximum atomic E-state index is 11.9. The molecule has 0 saturated carbocycles. The Morgan fingerprint density at radius 2 is 2.21 bits per heavy atom. The van der Waals surface area contributed by atoms with Crippen LogP contribution in [0.25, 0.3) is 4.96 Å². The molecule has 0 bridgehead atoms. The third-order valence-electron chi connectivity index (χ3n) is 2.62. The minimum absolute atomic E-state index is 0.247. The van der Waals surface area contributed by atoms with Gasteiger partial charge >= 0.3 is 5.97 Å². The summed E-state index contributed by atoms with van der Waals surface area (Å²) in [5, 5.41) is 13.1. The van der Waals surface area contributed by atoms with Crippen LogP contribution in [0.5, 0.6) is 0 Å². The Morgan fingerprint density at radius 3 is 2.84 bits per heavy atom. The molecule has 1 unspecified atom stereocenters. The lowest BCUT2D eigenvalue weighted by Gasteiger charge is -2.09. The molecule has 2 rings (SSSR count). The number of fused-ring (bicyclic) bond motifs is 1. The quantitative estimate of drug-likeness (QED) is 0.746. The van der Waals surface area contributed by atoms with E-state index in [1.54, 1.807) is 18.5 Å². The molecule has 0 spiro atoms. The summed E-state index contributed by atoms with van der Waals surface area (Å²) < 4.78 is 11.7. The van der Waals surface area contributed by atoms with E-state index in [0.717, 1.165) is 0 Å². The van der Waals surface area contributed by atoms with Gasteiger partial charge in [-0.2, -0.15) is 9.61 Å². The van der Waals surface area contributed by atoms with E-state index in [0.29, 0.717) is 35.4 Å². The topological polar surface area (TPSA) is 78.6 Å². The summed E-state index contributed by atoms with van der Waals surface area (Å²) in [6.07, 6.45) is 0.641. The summed E-state index contributed by atoms with van der Waals surface area (Å²) in [5.41, 5.74) is 0. The Bertz CT molecular complexity index is 565. The minimum Gasteiger partial charge on any atom is -0.465 e. The molecule has 0 aliphatic heterocycles. The summed E-state index contributed by atoms with van der Waals surface area (Å²) >= 11 is 1.35. The molecule has 0 saturated heterocycles. The average Bonchev–Trinajstić information content (AvgIpc) is 2.93.